The van der Waals surface area contributed by atoms with Crippen LogP contribution in [0.2, 0.25) is 0 Å². The van der Waals surface area contributed by atoms with E-state index >= 15 is 0 Å². The second-order valence-corrected chi connectivity index (χ2v) is 35.1. The minimum Gasteiger partial charge on any atom is -0.484 e. The minimum absolute atomic E-state index is 0. The number of ketones is 1. The van der Waals surface area contributed by atoms with Crippen LogP contribution in [-0.2, 0) is 60.5 Å². The molecule has 0 N–H and O–H groups in total. The van der Waals surface area contributed by atoms with E-state index in [2.05, 4.69) is 136 Å². The normalized spacial score (nSPS) is 21.8. The summed E-state index contributed by atoms with van der Waals surface area (Å²) in [6.45, 7) is 57.2. The highest BCUT2D eigenvalue weighted by Crippen LogP contribution is 2.58. The van der Waals surface area contributed by atoms with Crippen LogP contribution in [0.1, 0.15) is 343 Å². The minimum atomic E-state index is -0.328. The largest absolute Gasteiger partial charge is 0.484 e. The van der Waals surface area contributed by atoms with Gasteiger partial charge in [0, 0.05) is 71.8 Å². The number of carbonyl (C=O) groups excluding carboxylic acids is 5. The van der Waals surface area contributed by atoms with E-state index < -0.39 is 0 Å². The molecule has 2 amide bonds. The summed E-state index contributed by atoms with van der Waals surface area (Å²) < 4.78 is 32.0. The van der Waals surface area contributed by atoms with Gasteiger partial charge in [-0.05, 0) is 241 Å². The van der Waals surface area contributed by atoms with Crippen LogP contribution in [0.25, 0.3) is 11.1 Å². The molecule has 0 radical (unpaired) electrons. The first-order chi connectivity index (χ1) is 57.9. The SMILES string of the molecule is C1CC2C3CCC(C3)C2C1.CC.CC.CC(=O)OC(C)(C)C.CC1COC2C(C)COC12.CCC.CCC(=O)N(C)c1ccc(C)cc1.CCC/C=C\CCC.CCCC1CC2OC2CC1CCC.CCCc1ccccc1-c1ccccc1CCC.CCN(CC)C(=O)COc1ccc(C)cc1C.CCOC(=O)C(C)CN(C)C.O=C1CCCC1.[HH]. The van der Waals surface area contributed by atoms with E-state index in [4.69, 9.17) is 28.4 Å². The van der Waals surface area contributed by atoms with Gasteiger partial charge in [-0.1, -0.05) is 271 Å². The Morgan fingerprint density at radius 2 is 1.03 bits per heavy atom. The third kappa shape index (κ3) is 47.6. The molecule has 5 saturated carbocycles. The van der Waals surface area contributed by atoms with E-state index in [-0.39, 0.29) is 43.3 Å². The van der Waals surface area contributed by atoms with Gasteiger partial charge in [0.2, 0.25) is 5.91 Å². The number of epoxide rings is 1. The smallest absolute Gasteiger partial charge is 0.309 e. The lowest BCUT2D eigenvalue weighted by molar-refractivity contribution is -0.152. The standard InChI is InChI=1S/C18H22.C14H21NO2.C12H22O.C11H15NO.C10H16.C8H17NO2.C8H14O2.C8H16.C6H12O2.C5H8O.C3H8.2C2H6.H2/c1-3-9-15-11-5-7-13-17(15)18-14-8-6-12-16(18)10-4-2;1-5-15(6-2)14(16)10-17-13-8-7-11(3)9-12(13)4;1-3-5-9-7-11-12(13-11)8-10(9)6-4-2;1-4-11(13)12(3)10-7-5-9(2)6-8-10;1-2-9-7-4-5-8(6-7)10(9)3-1;1-5-11-8(10)7(2)6-9(3)4;1-5-3-9-8-6(2)4-10-7(5)8;1-3-5-7-8-6-4-2;1-5(7)8-6(2,3)4;6-5-3-1-2-4-5;1-3-2;2*1-2;/h5-8,11-14H,3-4,9-10H2,1-2H3;7-9H,5-6,10H2,1-4H3;9-12H,3-8H2,1-2H3;5-8H,4H2,1-3H3;7-10H,1-6H2;7H,5-6H2,1-4H3;5-8H,3-4H2,1-2H3;7-8H,3-6H2,1-2H3;1-4H3;1-4H2;3H2,1-2H3;2*1-2H3;1H/b;;;;;;;8-7-;;;;;;. The first-order valence-electron chi connectivity index (χ1n) is 48.4. The average molecular weight is 1690 g/mol. The molecule has 8 fully saturated rings. The fourth-order valence-electron chi connectivity index (χ4n) is 17.1. The summed E-state index contributed by atoms with van der Waals surface area (Å²) in [4.78, 5) is 60.0. The number of Topliss-reactive ketones (excluding diaryl/α,β-unsaturated/α-hetero) is 1. The van der Waals surface area contributed by atoms with Crippen LogP contribution in [-0.4, -0.2) is 137 Å². The van der Waals surface area contributed by atoms with Gasteiger partial charge >= 0.3 is 11.9 Å². The Morgan fingerprint density at radius 3 is 1.40 bits per heavy atom. The molecule has 13 unspecified atom stereocenters. The summed E-state index contributed by atoms with van der Waals surface area (Å²) in [6.07, 6.45) is 40.0. The molecule has 8 aliphatic rings. The van der Waals surface area contributed by atoms with Crippen molar-refractivity contribution in [1.82, 2.24) is 9.80 Å². The molecule has 3 saturated heterocycles. The number of hydrogen-bond donors (Lipinski definition) is 0. The number of amides is 2. The molecule has 2 bridgehead atoms. The number of rotatable bonds is 24. The maximum absolute atomic E-state index is 11.8. The molecular weight excluding hydrogens is 1500 g/mol. The molecule has 3 aliphatic heterocycles. The van der Waals surface area contributed by atoms with Crippen LogP contribution in [0.15, 0.2) is 103 Å². The van der Waals surface area contributed by atoms with Crippen LogP contribution in [0, 0.1) is 74.0 Å². The number of aryl methyl sites for hydroxylation is 5. The highest BCUT2D eigenvalue weighted by atomic mass is 16.6. The molecule has 694 valence electrons. The summed E-state index contributed by atoms with van der Waals surface area (Å²) in [5, 5.41) is 0. The number of fused-ring (bicyclic) bond motifs is 7. The Morgan fingerprint density at radius 1 is 0.579 bits per heavy atom. The van der Waals surface area contributed by atoms with Crippen molar-refractivity contribution in [3.63, 3.8) is 0 Å². The number of ether oxygens (including phenoxy) is 6. The predicted octanol–water partition coefficient (Wildman–Crippen LogP) is 27.5. The lowest BCUT2D eigenvalue weighted by atomic mass is 9.75. The van der Waals surface area contributed by atoms with Gasteiger partial charge in [-0.2, -0.15) is 0 Å². The zero-order valence-electron chi connectivity index (χ0n) is 83.0. The molecule has 5 aliphatic carbocycles. The topological polar surface area (TPSA) is 154 Å². The quantitative estimate of drug-likeness (QED) is 0.0373. The highest BCUT2D eigenvalue weighted by molar-refractivity contribution is 5.92. The molecule has 13 atom stereocenters. The first kappa shape index (κ1) is 115. The van der Waals surface area contributed by atoms with Gasteiger partial charge in [0.1, 0.15) is 17.1 Å². The van der Waals surface area contributed by atoms with Gasteiger partial charge in [0.15, 0.2) is 6.61 Å². The van der Waals surface area contributed by atoms with Crippen molar-refractivity contribution in [2.75, 3.05) is 72.1 Å². The number of hydrogen-bond acceptors (Lipinski definition) is 12. The molecule has 3 heterocycles. The number of esters is 2. The molecule has 4 aromatic rings. The number of anilines is 1. The van der Waals surface area contributed by atoms with E-state index in [1.807, 2.05) is 159 Å². The fourth-order valence-corrected chi connectivity index (χ4v) is 17.1. The van der Waals surface area contributed by atoms with E-state index in [0.717, 1.165) is 100 Å². The summed E-state index contributed by atoms with van der Waals surface area (Å²) >= 11 is 0. The molecule has 121 heavy (non-hydrogen) atoms. The molecular formula is C107H185N3O11. The Hall–Kier alpha value is -6.19. The van der Waals surface area contributed by atoms with E-state index in [1.54, 1.807) is 55.4 Å². The van der Waals surface area contributed by atoms with Crippen LogP contribution in [0.4, 0.5) is 5.69 Å². The van der Waals surface area contributed by atoms with Crippen molar-refractivity contribution < 1.29 is 53.8 Å². The molecule has 14 nitrogen and oxygen atoms in total. The third-order valence-electron chi connectivity index (χ3n) is 22.9. The number of nitrogens with zero attached hydrogens (tertiary/aromatic N) is 3. The third-order valence-corrected chi connectivity index (χ3v) is 22.9. The Balaban J connectivity index is 0. The maximum atomic E-state index is 11.8. The lowest BCUT2D eigenvalue weighted by Gasteiger charge is -2.28. The highest BCUT2D eigenvalue weighted by Gasteiger charge is 2.49. The van der Waals surface area contributed by atoms with Gasteiger partial charge in [-0.25, -0.2) is 0 Å². The number of carbonyl (C=O) groups is 5. The van der Waals surface area contributed by atoms with Gasteiger partial charge in [0.05, 0.1) is 50.2 Å². The molecule has 4 aromatic carbocycles. The maximum Gasteiger partial charge on any atom is 0.309 e. The average Bonchev–Trinajstić information content (AvgIpc) is 1.62. The van der Waals surface area contributed by atoms with Gasteiger partial charge in [0.25, 0.3) is 5.91 Å². The Kier molecular flexibility index (Phi) is 64.6. The van der Waals surface area contributed by atoms with Crippen molar-refractivity contribution >= 4 is 35.2 Å². The second-order valence-electron chi connectivity index (χ2n) is 35.1. The van der Waals surface area contributed by atoms with E-state index in [0.29, 0.717) is 55.1 Å². The fraction of sp³-hybridized carbons (Fsp3) is 0.710. The lowest BCUT2D eigenvalue weighted by Crippen LogP contribution is -2.34. The summed E-state index contributed by atoms with van der Waals surface area (Å²) in [7, 11) is 5.68. The monoisotopic (exact) mass is 1690 g/mol. The second kappa shape index (κ2) is 68.1. The zero-order valence-corrected chi connectivity index (χ0v) is 83.0. The van der Waals surface area contributed by atoms with Crippen LogP contribution in [0.5, 0.6) is 5.75 Å². The van der Waals surface area contributed by atoms with Crippen molar-refractivity contribution in [3.05, 3.63) is 131 Å². The van der Waals surface area contributed by atoms with Crippen molar-refractivity contribution in [3.8, 4) is 16.9 Å². The number of unbranched alkanes of at least 4 members (excludes halogenated alkanes) is 2. The zero-order chi connectivity index (χ0) is 91.4. The number of benzene rings is 4. The molecule has 14 heteroatoms. The van der Waals surface area contributed by atoms with Gasteiger partial charge < -0.3 is 43.1 Å². The molecule has 0 spiro atoms. The predicted molar refractivity (Wildman–Crippen MR) is 517 cm³/mol. The van der Waals surface area contributed by atoms with E-state index in [9.17, 15) is 24.0 Å². The van der Waals surface area contributed by atoms with Crippen molar-refractivity contribution in [1.29, 1.82) is 0 Å². The first-order valence-corrected chi connectivity index (χ1v) is 48.4. The molecule has 0 aromatic heterocycles. The van der Waals surface area contributed by atoms with Gasteiger partial charge in [-0.15, -0.1) is 0 Å². The number of allylic oxidation sites excluding steroid dienone is 2. The Bertz CT molecular complexity index is 3230. The van der Waals surface area contributed by atoms with Crippen LogP contribution < -0.4 is 9.64 Å². The van der Waals surface area contributed by atoms with Crippen molar-refractivity contribution in [2.45, 2.75) is 377 Å². The number of likely N-dealkylation sites (N-methyl/N-ethyl adjacent to an activating group) is 1. The molecule has 12 rings (SSSR count). The van der Waals surface area contributed by atoms with Crippen molar-refractivity contribution in [2.24, 2.45) is 53.3 Å². The van der Waals surface area contributed by atoms with Gasteiger partial charge in [-0.3, -0.25) is 24.0 Å². The van der Waals surface area contributed by atoms with E-state index in [1.165, 1.54) is 147 Å². The summed E-state index contributed by atoms with van der Waals surface area (Å²) in [5.41, 5.74) is 9.89. The van der Waals surface area contributed by atoms with Crippen LogP contribution in [0.3, 0.4) is 0 Å². The van der Waals surface area contributed by atoms with Crippen LogP contribution >= 0.6 is 0 Å². The summed E-state index contributed by atoms with van der Waals surface area (Å²) in [5.74, 6) is 9.04. The summed E-state index contributed by atoms with van der Waals surface area (Å²) in [6, 6.07) is 31.6. The Labute approximate surface area is 744 Å².